The van der Waals surface area contributed by atoms with Crippen LogP contribution < -0.4 is 10.1 Å². The minimum atomic E-state index is 0.547. The smallest absolute Gasteiger partial charge is 0.142 e. The maximum Gasteiger partial charge on any atom is 0.142 e. The second-order valence-corrected chi connectivity index (χ2v) is 3.33. The van der Waals surface area contributed by atoms with Crippen molar-refractivity contribution in [3.05, 3.63) is 35.9 Å². The second kappa shape index (κ2) is 5.55. The number of ether oxygens (including phenoxy) is 1. The van der Waals surface area contributed by atoms with Gasteiger partial charge < -0.3 is 10.1 Å². The van der Waals surface area contributed by atoms with Gasteiger partial charge in [0.15, 0.2) is 0 Å². The molecule has 14 heavy (non-hydrogen) atoms. The zero-order valence-corrected chi connectivity index (χ0v) is 8.97. The van der Waals surface area contributed by atoms with Crippen LogP contribution in [-0.2, 0) is 0 Å². The summed E-state index contributed by atoms with van der Waals surface area (Å²) >= 11 is 5.66. The molecule has 0 aromatic heterocycles. The standard InChI is InChI=1S/C11H14ClNO/c1-3-14-11-7-5-4-6-10(11)13-8-9(2)12/h4-7,13H,2-3,8H2,1H3. The molecule has 3 heteroatoms. The third-order valence-electron chi connectivity index (χ3n) is 1.66. The number of rotatable bonds is 5. The lowest BCUT2D eigenvalue weighted by atomic mass is 10.3. The molecule has 1 aromatic rings. The van der Waals surface area contributed by atoms with E-state index in [1.807, 2.05) is 31.2 Å². The van der Waals surface area contributed by atoms with Crippen molar-refractivity contribution in [3.63, 3.8) is 0 Å². The van der Waals surface area contributed by atoms with Crippen LogP contribution in [0.1, 0.15) is 6.92 Å². The van der Waals surface area contributed by atoms with E-state index in [4.69, 9.17) is 16.3 Å². The van der Waals surface area contributed by atoms with Crippen molar-refractivity contribution in [2.24, 2.45) is 0 Å². The highest BCUT2D eigenvalue weighted by Gasteiger charge is 2.00. The summed E-state index contributed by atoms with van der Waals surface area (Å²) in [6, 6.07) is 7.75. The Morgan fingerprint density at radius 1 is 1.50 bits per heavy atom. The minimum absolute atomic E-state index is 0.547. The number of anilines is 1. The summed E-state index contributed by atoms with van der Waals surface area (Å²) in [6.07, 6.45) is 0. The summed E-state index contributed by atoms with van der Waals surface area (Å²) < 4.78 is 5.43. The Kier molecular flexibility index (Phi) is 4.33. The summed E-state index contributed by atoms with van der Waals surface area (Å²) in [4.78, 5) is 0. The number of para-hydroxylation sites is 2. The summed E-state index contributed by atoms with van der Waals surface area (Å²) in [7, 11) is 0. The Morgan fingerprint density at radius 2 is 2.21 bits per heavy atom. The lowest BCUT2D eigenvalue weighted by molar-refractivity contribution is 0.342. The molecule has 0 saturated carbocycles. The molecule has 0 fully saturated rings. The zero-order valence-electron chi connectivity index (χ0n) is 8.22. The fourth-order valence-electron chi connectivity index (χ4n) is 1.09. The summed E-state index contributed by atoms with van der Waals surface area (Å²) in [5, 5.41) is 3.72. The predicted octanol–water partition coefficient (Wildman–Crippen LogP) is 3.25. The van der Waals surface area contributed by atoms with Gasteiger partial charge in [0.25, 0.3) is 0 Å². The van der Waals surface area contributed by atoms with E-state index in [0.717, 1.165) is 11.4 Å². The van der Waals surface area contributed by atoms with Gasteiger partial charge in [0.2, 0.25) is 0 Å². The van der Waals surface area contributed by atoms with Crippen LogP contribution in [0.15, 0.2) is 35.9 Å². The van der Waals surface area contributed by atoms with Crippen LogP contribution in [0.4, 0.5) is 5.69 Å². The molecule has 0 radical (unpaired) electrons. The maximum absolute atomic E-state index is 5.66. The van der Waals surface area contributed by atoms with Crippen LogP contribution in [0.25, 0.3) is 0 Å². The van der Waals surface area contributed by atoms with E-state index in [1.54, 1.807) is 0 Å². The number of halogens is 1. The molecule has 0 aliphatic carbocycles. The van der Waals surface area contributed by atoms with Crippen molar-refractivity contribution in [2.45, 2.75) is 6.92 Å². The van der Waals surface area contributed by atoms with Gasteiger partial charge in [-0.3, -0.25) is 0 Å². The van der Waals surface area contributed by atoms with Gasteiger partial charge in [-0.15, -0.1) is 0 Å². The first-order chi connectivity index (χ1) is 6.74. The zero-order chi connectivity index (χ0) is 10.4. The van der Waals surface area contributed by atoms with Gasteiger partial charge >= 0.3 is 0 Å². The van der Waals surface area contributed by atoms with Crippen molar-refractivity contribution in [1.82, 2.24) is 0 Å². The second-order valence-electron chi connectivity index (χ2n) is 2.80. The van der Waals surface area contributed by atoms with Gasteiger partial charge in [0, 0.05) is 5.03 Å². The minimum Gasteiger partial charge on any atom is -0.492 e. The molecule has 0 spiro atoms. The monoisotopic (exact) mass is 211 g/mol. The molecule has 0 aliphatic heterocycles. The molecule has 0 amide bonds. The molecule has 0 saturated heterocycles. The number of hydrogen-bond donors (Lipinski definition) is 1. The summed E-state index contributed by atoms with van der Waals surface area (Å²) in [6.45, 7) is 6.76. The summed E-state index contributed by atoms with van der Waals surface area (Å²) in [5.41, 5.74) is 0.941. The first kappa shape index (κ1) is 10.9. The van der Waals surface area contributed by atoms with Gasteiger partial charge in [0.1, 0.15) is 5.75 Å². The fourth-order valence-corrected chi connectivity index (χ4v) is 1.15. The molecule has 1 aromatic carbocycles. The third-order valence-corrected chi connectivity index (χ3v) is 1.79. The maximum atomic E-state index is 5.66. The van der Waals surface area contributed by atoms with Gasteiger partial charge in [-0.05, 0) is 19.1 Å². The molecule has 76 valence electrons. The number of benzene rings is 1. The first-order valence-corrected chi connectivity index (χ1v) is 4.90. The molecular weight excluding hydrogens is 198 g/mol. The van der Waals surface area contributed by atoms with E-state index in [1.165, 1.54) is 0 Å². The molecule has 1 N–H and O–H groups in total. The van der Waals surface area contributed by atoms with Crippen molar-refractivity contribution >= 4 is 17.3 Å². The van der Waals surface area contributed by atoms with Crippen LogP contribution >= 0.6 is 11.6 Å². The molecule has 1 rings (SSSR count). The highest BCUT2D eigenvalue weighted by molar-refractivity contribution is 6.29. The van der Waals surface area contributed by atoms with Crippen molar-refractivity contribution in [2.75, 3.05) is 18.5 Å². The quantitative estimate of drug-likeness (QED) is 0.808. The fraction of sp³-hybridized carbons (Fsp3) is 0.273. The molecule has 0 heterocycles. The largest absolute Gasteiger partial charge is 0.492 e. The first-order valence-electron chi connectivity index (χ1n) is 4.53. The average molecular weight is 212 g/mol. The van der Waals surface area contributed by atoms with Crippen LogP contribution in [-0.4, -0.2) is 13.2 Å². The van der Waals surface area contributed by atoms with Gasteiger partial charge in [0.05, 0.1) is 18.8 Å². The van der Waals surface area contributed by atoms with Crippen LogP contribution in [0, 0.1) is 0 Å². The van der Waals surface area contributed by atoms with Gasteiger partial charge in [-0.25, -0.2) is 0 Å². The lowest BCUT2D eigenvalue weighted by Gasteiger charge is -2.11. The molecular formula is C11H14ClNO. The van der Waals surface area contributed by atoms with E-state index < -0.39 is 0 Å². The Hall–Kier alpha value is -1.15. The van der Waals surface area contributed by atoms with E-state index in [0.29, 0.717) is 18.2 Å². The van der Waals surface area contributed by atoms with Crippen LogP contribution in [0.3, 0.4) is 0 Å². The van der Waals surface area contributed by atoms with Crippen LogP contribution in [0.2, 0.25) is 0 Å². The van der Waals surface area contributed by atoms with Crippen molar-refractivity contribution < 1.29 is 4.74 Å². The molecule has 0 atom stereocenters. The SMILES string of the molecule is C=C(Cl)CNc1ccccc1OCC. The summed E-state index contributed by atoms with van der Waals surface area (Å²) in [5.74, 6) is 0.841. The van der Waals surface area contributed by atoms with E-state index in [2.05, 4.69) is 11.9 Å². The highest BCUT2D eigenvalue weighted by atomic mass is 35.5. The van der Waals surface area contributed by atoms with Gasteiger partial charge in [-0.2, -0.15) is 0 Å². The average Bonchev–Trinajstić information content (AvgIpc) is 2.17. The Labute approximate surface area is 89.5 Å². The normalized spacial score (nSPS) is 9.57. The molecule has 0 unspecified atom stereocenters. The van der Waals surface area contributed by atoms with E-state index in [-0.39, 0.29) is 0 Å². The highest BCUT2D eigenvalue weighted by Crippen LogP contribution is 2.23. The van der Waals surface area contributed by atoms with Gasteiger partial charge in [-0.1, -0.05) is 30.3 Å². The molecule has 0 aliphatic rings. The third kappa shape index (κ3) is 3.30. The Bertz CT molecular complexity index is 312. The molecule has 0 bridgehead atoms. The lowest BCUT2D eigenvalue weighted by Crippen LogP contribution is -2.03. The van der Waals surface area contributed by atoms with E-state index >= 15 is 0 Å². The topological polar surface area (TPSA) is 21.3 Å². The number of hydrogen-bond acceptors (Lipinski definition) is 2. The van der Waals surface area contributed by atoms with E-state index in [9.17, 15) is 0 Å². The van der Waals surface area contributed by atoms with Crippen molar-refractivity contribution in [3.8, 4) is 5.75 Å². The Morgan fingerprint density at radius 3 is 2.86 bits per heavy atom. The Balaban J connectivity index is 2.68. The number of nitrogens with one attached hydrogen (secondary N) is 1. The van der Waals surface area contributed by atoms with Crippen molar-refractivity contribution in [1.29, 1.82) is 0 Å². The van der Waals surface area contributed by atoms with Crippen LogP contribution in [0.5, 0.6) is 5.75 Å². The molecule has 2 nitrogen and oxygen atoms in total. The predicted molar refractivity (Wildman–Crippen MR) is 61.1 cm³/mol.